The van der Waals surface area contributed by atoms with E-state index in [2.05, 4.69) is 0 Å². The van der Waals surface area contributed by atoms with Gasteiger partial charge in [0.2, 0.25) is 0 Å². The number of nitriles is 1. The summed E-state index contributed by atoms with van der Waals surface area (Å²) in [5, 5.41) is 8.23. The Morgan fingerprint density at radius 1 is 1.55 bits per heavy atom. The van der Waals surface area contributed by atoms with E-state index in [1.165, 1.54) is 0 Å². The van der Waals surface area contributed by atoms with Crippen LogP contribution in [-0.4, -0.2) is 21.4 Å². The molecule has 0 aliphatic heterocycles. The molecule has 0 heterocycles. The molecular weight excluding hydrogens is 201 g/mol. The van der Waals surface area contributed by atoms with Crippen molar-refractivity contribution >= 4 is 33.7 Å². The quantitative estimate of drug-likeness (QED) is 0.389. The fraction of sp³-hybridized carbons (Fsp3) is 0.833. The summed E-state index contributed by atoms with van der Waals surface area (Å²) < 4.78 is 4.14. The van der Waals surface area contributed by atoms with Gasteiger partial charge in [-0.15, -0.1) is 0 Å². The SMILES string of the molecule is N#CCCCC(Cl)(Cl)CO[SiH3]. The molecular formula is C6H11Cl2NOSi. The van der Waals surface area contributed by atoms with Crippen molar-refractivity contribution in [2.24, 2.45) is 0 Å². The van der Waals surface area contributed by atoms with Crippen LogP contribution in [-0.2, 0) is 4.43 Å². The van der Waals surface area contributed by atoms with Crippen molar-refractivity contribution in [3.63, 3.8) is 0 Å². The lowest BCUT2D eigenvalue weighted by Gasteiger charge is -2.17. The molecule has 0 aromatic carbocycles. The molecule has 0 saturated heterocycles. The predicted octanol–water partition coefficient (Wildman–Crippen LogP) is 1.15. The molecule has 0 radical (unpaired) electrons. The van der Waals surface area contributed by atoms with Gasteiger partial charge in [0, 0.05) is 6.42 Å². The summed E-state index contributed by atoms with van der Waals surface area (Å²) in [5.74, 6) is 0. The minimum absolute atomic E-state index is 0.369. The fourth-order valence-electron chi connectivity index (χ4n) is 0.709. The highest BCUT2D eigenvalue weighted by Crippen LogP contribution is 2.27. The molecule has 0 aromatic rings. The first-order valence-corrected chi connectivity index (χ1v) is 4.93. The Morgan fingerprint density at radius 3 is 2.64 bits per heavy atom. The van der Waals surface area contributed by atoms with Gasteiger partial charge in [0.05, 0.1) is 12.7 Å². The maximum Gasteiger partial charge on any atom is 0.146 e. The summed E-state index contributed by atoms with van der Waals surface area (Å²) >= 11 is 11.7. The van der Waals surface area contributed by atoms with Gasteiger partial charge >= 0.3 is 0 Å². The highest BCUT2D eigenvalue weighted by molar-refractivity contribution is 6.48. The Balaban J connectivity index is 3.48. The molecule has 0 aliphatic rings. The second-order valence-electron chi connectivity index (χ2n) is 2.30. The van der Waals surface area contributed by atoms with Gasteiger partial charge in [-0.25, -0.2) is 0 Å². The molecule has 5 heteroatoms. The van der Waals surface area contributed by atoms with E-state index in [0.29, 0.717) is 29.9 Å². The lowest BCUT2D eigenvalue weighted by atomic mass is 10.2. The number of hydrogen-bond acceptors (Lipinski definition) is 2. The van der Waals surface area contributed by atoms with Crippen LogP contribution >= 0.6 is 23.2 Å². The molecule has 11 heavy (non-hydrogen) atoms. The summed E-state index contributed by atoms with van der Waals surface area (Å²) in [7, 11) is 0.646. The van der Waals surface area contributed by atoms with Crippen molar-refractivity contribution in [2.45, 2.75) is 23.6 Å². The number of halogens is 2. The lowest BCUT2D eigenvalue weighted by Crippen LogP contribution is -2.19. The average molecular weight is 212 g/mol. The van der Waals surface area contributed by atoms with Crippen LogP contribution in [0.5, 0.6) is 0 Å². The maximum absolute atomic E-state index is 8.23. The Bertz CT molecular complexity index is 146. The molecule has 2 nitrogen and oxygen atoms in total. The van der Waals surface area contributed by atoms with Gasteiger partial charge < -0.3 is 4.43 Å². The van der Waals surface area contributed by atoms with E-state index in [0.717, 1.165) is 6.42 Å². The minimum atomic E-state index is -0.793. The van der Waals surface area contributed by atoms with E-state index in [1.54, 1.807) is 0 Å². The van der Waals surface area contributed by atoms with Crippen LogP contribution < -0.4 is 0 Å². The number of nitrogens with zero attached hydrogens (tertiary/aromatic N) is 1. The number of alkyl halides is 2. The zero-order valence-electron chi connectivity index (χ0n) is 6.44. The van der Waals surface area contributed by atoms with Crippen LogP contribution in [0.15, 0.2) is 0 Å². The van der Waals surface area contributed by atoms with Crippen LogP contribution in [0.25, 0.3) is 0 Å². The summed E-state index contributed by atoms with van der Waals surface area (Å²) in [6.07, 6.45) is 1.85. The molecule has 0 fully saturated rings. The standard InChI is InChI=1S/C6H11Cl2NOSi/c7-6(8,5-10-11)3-1-2-4-9/h1-3,5H2,11H3. The van der Waals surface area contributed by atoms with Crippen molar-refractivity contribution < 1.29 is 4.43 Å². The molecule has 0 saturated carbocycles. The van der Waals surface area contributed by atoms with Crippen LogP contribution in [0.3, 0.4) is 0 Å². The summed E-state index contributed by atoms with van der Waals surface area (Å²) in [6.45, 7) is 0.369. The second kappa shape index (κ2) is 5.84. The van der Waals surface area contributed by atoms with Crippen molar-refractivity contribution in [3.05, 3.63) is 0 Å². The van der Waals surface area contributed by atoms with E-state index in [1.807, 2.05) is 6.07 Å². The monoisotopic (exact) mass is 211 g/mol. The molecule has 0 N–H and O–H groups in total. The Labute approximate surface area is 80.0 Å². The van der Waals surface area contributed by atoms with Gasteiger partial charge in [0.25, 0.3) is 0 Å². The molecule has 0 spiro atoms. The van der Waals surface area contributed by atoms with Crippen molar-refractivity contribution in [3.8, 4) is 6.07 Å². The Hall–Kier alpha value is 0.247. The molecule has 64 valence electrons. The number of unbranched alkanes of at least 4 members (excludes halogenated alkanes) is 1. The van der Waals surface area contributed by atoms with Gasteiger partial charge in [-0.1, -0.05) is 23.2 Å². The molecule has 0 amide bonds. The summed E-state index contributed by atoms with van der Waals surface area (Å²) in [5.41, 5.74) is 0. The first kappa shape index (κ1) is 11.2. The zero-order chi connectivity index (χ0) is 8.74. The highest BCUT2D eigenvalue weighted by atomic mass is 35.5. The van der Waals surface area contributed by atoms with E-state index >= 15 is 0 Å². The molecule has 0 aliphatic carbocycles. The van der Waals surface area contributed by atoms with E-state index < -0.39 is 4.33 Å². The summed E-state index contributed by atoms with van der Waals surface area (Å²) in [6, 6.07) is 2.03. The molecule has 0 bridgehead atoms. The molecule has 0 rings (SSSR count). The molecule has 0 unspecified atom stereocenters. The number of rotatable bonds is 5. The third kappa shape index (κ3) is 6.64. The molecule has 0 atom stereocenters. The van der Waals surface area contributed by atoms with Crippen LogP contribution in [0.2, 0.25) is 0 Å². The topological polar surface area (TPSA) is 33.0 Å². The van der Waals surface area contributed by atoms with E-state index in [9.17, 15) is 0 Å². The third-order valence-electron chi connectivity index (χ3n) is 1.19. The average Bonchev–Trinajstić information content (AvgIpc) is 1.87. The van der Waals surface area contributed by atoms with Crippen LogP contribution in [0, 0.1) is 11.3 Å². The largest absolute Gasteiger partial charge is 0.425 e. The Morgan fingerprint density at radius 2 is 2.18 bits per heavy atom. The van der Waals surface area contributed by atoms with Gasteiger partial charge in [0.15, 0.2) is 0 Å². The normalized spacial score (nSPS) is 11.4. The van der Waals surface area contributed by atoms with Crippen molar-refractivity contribution in [1.29, 1.82) is 5.26 Å². The minimum Gasteiger partial charge on any atom is -0.425 e. The summed E-state index contributed by atoms with van der Waals surface area (Å²) in [4.78, 5) is 0. The Kier molecular flexibility index (Phi) is 5.97. The molecule has 0 aromatic heterocycles. The van der Waals surface area contributed by atoms with Gasteiger partial charge in [-0.05, 0) is 12.8 Å². The first-order valence-electron chi connectivity index (χ1n) is 3.36. The smallest absolute Gasteiger partial charge is 0.146 e. The third-order valence-corrected chi connectivity index (χ3v) is 2.07. The second-order valence-corrected chi connectivity index (χ2v) is 4.52. The highest BCUT2D eigenvalue weighted by Gasteiger charge is 2.22. The van der Waals surface area contributed by atoms with Crippen molar-refractivity contribution in [1.82, 2.24) is 0 Å². The fourth-order valence-corrected chi connectivity index (χ4v) is 2.05. The zero-order valence-corrected chi connectivity index (χ0v) is 9.95. The van der Waals surface area contributed by atoms with Crippen molar-refractivity contribution in [2.75, 3.05) is 6.61 Å². The van der Waals surface area contributed by atoms with E-state index in [-0.39, 0.29) is 0 Å². The van der Waals surface area contributed by atoms with Gasteiger partial charge in [-0.2, -0.15) is 5.26 Å². The predicted molar refractivity (Wildman–Crippen MR) is 49.8 cm³/mol. The maximum atomic E-state index is 8.23. The number of hydrogen-bond donors (Lipinski definition) is 0. The van der Waals surface area contributed by atoms with E-state index in [4.69, 9.17) is 32.9 Å². The van der Waals surface area contributed by atoms with Crippen LogP contribution in [0.4, 0.5) is 0 Å². The lowest BCUT2D eigenvalue weighted by molar-refractivity contribution is 0.322. The van der Waals surface area contributed by atoms with Gasteiger partial charge in [0.1, 0.15) is 14.8 Å². The first-order chi connectivity index (χ1) is 5.12. The van der Waals surface area contributed by atoms with Crippen LogP contribution in [0.1, 0.15) is 19.3 Å². The van der Waals surface area contributed by atoms with Gasteiger partial charge in [-0.3, -0.25) is 0 Å².